The molecule has 3 heterocycles. The highest BCUT2D eigenvalue weighted by atomic mass is 16.4. The molecule has 2 aliphatic heterocycles. The maximum Gasteiger partial charge on any atom is 0.318 e. The van der Waals surface area contributed by atoms with Crippen LogP contribution in [-0.4, -0.2) is 43.9 Å². The van der Waals surface area contributed by atoms with E-state index in [0.29, 0.717) is 13.0 Å². The van der Waals surface area contributed by atoms with Crippen molar-refractivity contribution in [3.63, 3.8) is 0 Å². The summed E-state index contributed by atoms with van der Waals surface area (Å²) in [6.07, 6.45) is 4.17. The molecule has 2 saturated heterocycles. The fourth-order valence-electron chi connectivity index (χ4n) is 3.65. The van der Waals surface area contributed by atoms with Gasteiger partial charge in [-0.2, -0.15) is 5.10 Å². The molecule has 2 bridgehead atoms. The molecular formula is C14H20N4O3. The highest BCUT2D eigenvalue weighted by molar-refractivity contribution is 5.79. The summed E-state index contributed by atoms with van der Waals surface area (Å²) in [5, 5.41) is 16.3. The fraction of sp³-hybridized carbons (Fsp3) is 0.643. The first kappa shape index (κ1) is 13.9. The van der Waals surface area contributed by atoms with Crippen LogP contribution in [0.4, 0.5) is 4.79 Å². The van der Waals surface area contributed by atoms with Crippen molar-refractivity contribution >= 4 is 12.0 Å². The number of hydrogen-bond acceptors (Lipinski definition) is 3. The maximum atomic E-state index is 12.4. The number of carboxylic acid groups (broad SMARTS) is 1. The number of hydrogen-bond donors (Lipinski definition) is 2. The number of carboxylic acids is 1. The third-order valence-corrected chi connectivity index (χ3v) is 4.63. The molecule has 3 rings (SSSR count). The monoisotopic (exact) mass is 292 g/mol. The van der Waals surface area contributed by atoms with Crippen molar-refractivity contribution in [1.82, 2.24) is 20.0 Å². The van der Waals surface area contributed by atoms with Gasteiger partial charge < -0.3 is 15.3 Å². The standard InChI is InChI=1S/C14H20N4O3/c1-8-9(7-17(2)16-8)6-15-14(21)18-10-3-4-12(18)11(5-10)13(19)20/h7,10-12H,3-6H2,1-2H3,(H,15,21)(H,19,20). The van der Waals surface area contributed by atoms with Gasteiger partial charge in [0, 0.05) is 37.4 Å². The van der Waals surface area contributed by atoms with Crippen molar-refractivity contribution in [1.29, 1.82) is 0 Å². The SMILES string of the molecule is Cc1nn(C)cc1CNC(=O)N1C2CCC1C(C(=O)O)C2. The highest BCUT2D eigenvalue weighted by Crippen LogP contribution is 2.41. The van der Waals surface area contributed by atoms with Gasteiger partial charge in [-0.05, 0) is 26.2 Å². The second kappa shape index (κ2) is 5.05. The summed E-state index contributed by atoms with van der Waals surface area (Å²) in [4.78, 5) is 25.3. The number of fused-ring (bicyclic) bond motifs is 2. The summed E-state index contributed by atoms with van der Waals surface area (Å²) in [7, 11) is 1.84. The van der Waals surface area contributed by atoms with Gasteiger partial charge in [-0.3, -0.25) is 9.48 Å². The Labute approximate surface area is 122 Å². The Morgan fingerprint density at radius 2 is 2.24 bits per heavy atom. The Kier molecular flexibility index (Phi) is 3.35. The van der Waals surface area contributed by atoms with Crippen molar-refractivity contribution in [3.05, 3.63) is 17.5 Å². The van der Waals surface area contributed by atoms with Crippen LogP contribution >= 0.6 is 0 Å². The Morgan fingerprint density at radius 3 is 2.81 bits per heavy atom. The van der Waals surface area contributed by atoms with Crippen LogP contribution in [0.1, 0.15) is 30.5 Å². The molecular weight excluding hydrogens is 272 g/mol. The quantitative estimate of drug-likeness (QED) is 0.865. The Bertz CT molecular complexity index is 583. The molecule has 2 aliphatic rings. The van der Waals surface area contributed by atoms with Crippen molar-refractivity contribution in [2.75, 3.05) is 0 Å². The van der Waals surface area contributed by atoms with E-state index in [4.69, 9.17) is 0 Å². The van der Waals surface area contributed by atoms with Crippen molar-refractivity contribution < 1.29 is 14.7 Å². The van der Waals surface area contributed by atoms with E-state index in [0.717, 1.165) is 24.1 Å². The number of aliphatic carboxylic acids is 1. The van der Waals surface area contributed by atoms with E-state index >= 15 is 0 Å². The molecule has 0 aromatic carbocycles. The van der Waals surface area contributed by atoms with Crippen LogP contribution in [0, 0.1) is 12.8 Å². The van der Waals surface area contributed by atoms with E-state index in [9.17, 15) is 14.7 Å². The van der Waals surface area contributed by atoms with Gasteiger partial charge >= 0.3 is 12.0 Å². The van der Waals surface area contributed by atoms with E-state index in [2.05, 4.69) is 10.4 Å². The summed E-state index contributed by atoms with van der Waals surface area (Å²) in [5.41, 5.74) is 1.87. The molecule has 3 unspecified atom stereocenters. The molecule has 2 fully saturated rings. The van der Waals surface area contributed by atoms with Gasteiger partial charge in [0.1, 0.15) is 0 Å². The van der Waals surface area contributed by atoms with E-state index in [-0.39, 0.29) is 18.1 Å². The molecule has 1 aromatic rings. The minimum atomic E-state index is -0.789. The Morgan fingerprint density at radius 1 is 1.48 bits per heavy atom. The third-order valence-electron chi connectivity index (χ3n) is 4.63. The van der Waals surface area contributed by atoms with Gasteiger partial charge in [-0.25, -0.2) is 4.79 Å². The van der Waals surface area contributed by atoms with Gasteiger partial charge in [0.15, 0.2) is 0 Å². The number of rotatable bonds is 3. The average Bonchev–Trinajstić information content (AvgIpc) is 3.08. The molecule has 7 nitrogen and oxygen atoms in total. The number of carbonyl (C=O) groups excluding carboxylic acids is 1. The van der Waals surface area contributed by atoms with Crippen LogP contribution in [0.15, 0.2) is 6.20 Å². The van der Waals surface area contributed by atoms with Gasteiger partial charge in [0.05, 0.1) is 11.6 Å². The third kappa shape index (κ3) is 2.36. The lowest BCUT2D eigenvalue weighted by atomic mass is 9.89. The summed E-state index contributed by atoms with van der Waals surface area (Å²) in [6.45, 7) is 2.33. The summed E-state index contributed by atoms with van der Waals surface area (Å²) in [6, 6.07) is -0.233. The van der Waals surface area contributed by atoms with Crippen LogP contribution < -0.4 is 5.32 Å². The van der Waals surface area contributed by atoms with Crippen molar-refractivity contribution in [2.45, 2.75) is 44.8 Å². The number of amides is 2. The molecule has 0 radical (unpaired) electrons. The molecule has 3 atom stereocenters. The number of nitrogens with one attached hydrogen (secondary N) is 1. The van der Waals surface area contributed by atoms with Gasteiger partial charge in [-0.15, -0.1) is 0 Å². The zero-order valence-corrected chi connectivity index (χ0v) is 12.2. The van der Waals surface area contributed by atoms with E-state index in [1.54, 1.807) is 9.58 Å². The molecule has 1 aromatic heterocycles. The normalized spacial score (nSPS) is 27.1. The van der Waals surface area contributed by atoms with E-state index < -0.39 is 11.9 Å². The Hall–Kier alpha value is -2.05. The lowest BCUT2D eigenvalue weighted by Gasteiger charge is -2.23. The second-order valence-corrected chi connectivity index (χ2v) is 5.96. The average molecular weight is 292 g/mol. The van der Waals surface area contributed by atoms with Crippen LogP contribution in [-0.2, 0) is 18.4 Å². The molecule has 7 heteroatoms. The Balaban J connectivity index is 1.64. The summed E-state index contributed by atoms with van der Waals surface area (Å²) < 4.78 is 1.72. The smallest absolute Gasteiger partial charge is 0.318 e. The molecule has 0 aliphatic carbocycles. The predicted molar refractivity (Wildman–Crippen MR) is 74.6 cm³/mol. The number of aromatic nitrogens is 2. The first-order valence-corrected chi connectivity index (χ1v) is 7.25. The van der Waals surface area contributed by atoms with E-state index in [1.165, 1.54) is 0 Å². The number of carbonyl (C=O) groups is 2. The zero-order chi connectivity index (χ0) is 15.1. The molecule has 114 valence electrons. The minimum Gasteiger partial charge on any atom is -0.481 e. The van der Waals surface area contributed by atoms with Gasteiger partial charge in [0.25, 0.3) is 0 Å². The topological polar surface area (TPSA) is 87.5 Å². The highest BCUT2D eigenvalue weighted by Gasteiger charge is 2.51. The zero-order valence-electron chi connectivity index (χ0n) is 12.2. The van der Waals surface area contributed by atoms with Crippen LogP contribution in [0.3, 0.4) is 0 Å². The number of urea groups is 1. The van der Waals surface area contributed by atoms with Crippen LogP contribution in [0.5, 0.6) is 0 Å². The number of aryl methyl sites for hydroxylation is 2. The minimum absolute atomic E-state index is 0.0751. The first-order chi connectivity index (χ1) is 9.97. The second-order valence-electron chi connectivity index (χ2n) is 5.96. The van der Waals surface area contributed by atoms with Crippen molar-refractivity contribution in [3.8, 4) is 0 Å². The van der Waals surface area contributed by atoms with Crippen LogP contribution in [0.25, 0.3) is 0 Å². The summed E-state index contributed by atoms with van der Waals surface area (Å²) >= 11 is 0. The predicted octanol–water partition coefficient (Wildman–Crippen LogP) is 0.876. The molecule has 2 amide bonds. The summed E-state index contributed by atoms with van der Waals surface area (Å²) in [5.74, 6) is -1.20. The largest absolute Gasteiger partial charge is 0.481 e. The number of nitrogens with zero attached hydrogens (tertiary/aromatic N) is 3. The first-order valence-electron chi connectivity index (χ1n) is 7.25. The van der Waals surface area contributed by atoms with Gasteiger partial charge in [-0.1, -0.05) is 0 Å². The van der Waals surface area contributed by atoms with Crippen molar-refractivity contribution in [2.24, 2.45) is 13.0 Å². The molecule has 0 spiro atoms. The lowest BCUT2D eigenvalue weighted by Crippen LogP contribution is -2.44. The maximum absolute atomic E-state index is 12.4. The fourth-order valence-corrected chi connectivity index (χ4v) is 3.65. The molecule has 2 N–H and O–H groups in total. The molecule has 21 heavy (non-hydrogen) atoms. The van der Waals surface area contributed by atoms with Gasteiger partial charge in [0.2, 0.25) is 0 Å². The lowest BCUT2D eigenvalue weighted by molar-refractivity contribution is -0.142. The van der Waals surface area contributed by atoms with Crippen LogP contribution in [0.2, 0.25) is 0 Å². The molecule has 0 saturated carbocycles. The van der Waals surface area contributed by atoms with E-state index in [1.807, 2.05) is 20.2 Å².